The third-order valence-corrected chi connectivity index (χ3v) is 7.64. The second kappa shape index (κ2) is 9.28. The molecule has 0 saturated carbocycles. The average Bonchev–Trinajstić information content (AvgIpc) is 3.42. The lowest BCUT2D eigenvalue weighted by Gasteiger charge is -2.27. The van der Waals surface area contributed by atoms with Gasteiger partial charge in [0.15, 0.2) is 0 Å². The molecule has 1 atom stereocenters. The van der Waals surface area contributed by atoms with E-state index < -0.39 is 10.0 Å². The predicted molar refractivity (Wildman–Crippen MR) is 119 cm³/mol. The van der Waals surface area contributed by atoms with Gasteiger partial charge in [-0.05, 0) is 43.5 Å². The molecule has 31 heavy (non-hydrogen) atoms. The zero-order valence-electron chi connectivity index (χ0n) is 17.7. The van der Waals surface area contributed by atoms with Crippen molar-refractivity contribution in [2.45, 2.75) is 31.9 Å². The molecule has 166 valence electrons. The highest BCUT2D eigenvalue weighted by Gasteiger charge is 2.30. The van der Waals surface area contributed by atoms with Gasteiger partial charge in [0, 0.05) is 37.4 Å². The smallest absolute Gasteiger partial charge is 0.254 e. The number of para-hydroxylation sites is 1. The Kier molecular flexibility index (Phi) is 6.48. The predicted octanol–water partition coefficient (Wildman–Crippen LogP) is 3.06. The van der Waals surface area contributed by atoms with E-state index in [1.807, 2.05) is 24.3 Å². The molecule has 1 amide bonds. The van der Waals surface area contributed by atoms with Gasteiger partial charge in [0.05, 0.1) is 24.7 Å². The fraction of sp³-hybridized carbons (Fsp3) is 0.435. The third kappa shape index (κ3) is 4.85. The number of benzene rings is 2. The van der Waals surface area contributed by atoms with Crippen LogP contribution in [0, 0.1) is 0 Å². The van der Waals surface area contributed by atoms with Gasteiger partial charge in [-0.3, -0.25) is 9.10 Å². The van der Waals surface area contributed by atoms with Crippen molar-refractivity contribution in [2.24, 2.45) is 0 Å². The van der Waals surface area contributed by atoms with E-state index in [0.717, 1.165) is 24.2 Å². The molecule has 0 spiro atoms. The molecular formula is C23H28N2O5S. The van der Waals surface area contributed by atoms with Gasteiger partial charge < -0.3 is 14.4 Å². The summed E-state index contributed by atoms with van der Waals surface area (Å²) in [4.78, 5) is 15.3. The number of methoxy groups -OCH3 is 1. The Morgan fingerprint density at radius 3 is 2.74 bits per heavy atom. The van der Waals surface area contributed by atoms with E-state index in [0.29, 0.717) is 43.9 Å². The molecule has 2 heterocycles. The van der Waals surface area contributed by atoms with Gasteiger partial charge >= 0.3 is 0 Å². The minimum Gasteiger partial charge on any atom is -0.496 e. The Hall–Kier alpha value is -2.58. The van der Waals surface area contributed by atoms with Gasteiger partial charge in [0.1, 0.15) is 5.75 Å². The molecular weight excluding hydrogens is 416 g/mol. The van der Waals surface area contributed by atoms with E-state index in [2.05, 4.69) is 0 Å². The topological polar surface area (TPSA) is 76.2 Å². The van der Waals surface area contributed by atoms with Crippen LogP contribution < -0.4 is 9.04 Å². The van der Waals surface area contributed by atoms with Crippen LogP contribution in [0.25, 0.3) is 0 Å². The summed E-state index contributed by atoms with van der Waals surface area (Å²) in [6, 6.07) is 14.5. The minimum atomic E-state index is -3.31. The van der Waals surface area contributed by atoms with E-state index >= 15 is 0 Å². The van der Waals surface area contributed by atoms with Crippen LogP contribution in [0.1, 0.15) is 35.2 Å². The first-order chi connectivity index (χ1) is 15.0. The van der Waals surface area contributed by atoms with Crippen molar-refractivity contribution in [3.63, 3.8) is 0 Å². The normalized spacial score (nSPS) is 20.0. The van der Waals surface area contributed by atoms with Crippen LogP contribution in [0.15, 0.2) is 48.5 Å². The molecule has 0 aliphatic carbocycles. The summed E-state index contributed by atoms with van der Waals surface area (Å²) < 4.78 is 37.3. The Balaban J connectivity index is 1.61. The number of amides is 1. The van der Waals surface area contributed by atoms with Crippen LogP contribution in [-0.2, 0) is 21.3 Å². The van der Waals surface area contributed by atoms with Crippen molar-refractivity contribution in [3.8, 4) is 5.75 Å². The lowest BCUT2D eigenvalue weighted by atomic mass is 10.1. The first kappa shape index (κ1) is 21.6. The van der Waals surface area contributed by atoms with Gasteiger partial charge in [-0.2, -0.15) is 0 Å². The molecule has 2 aromatic rings. The van der Waals surface area contributed by atoms with Crippen molar-refractivity contribution in [2.75, 3.05) is 36.9 Å². The van der Waals surface area contributed by atoms with Crippen LogP contribution in [0.4, 0.5) is 5.69 Å². The van der Waals surface area contributed by atoms with E-state index in [-0.39, 0.29) is 17.8 Å². The molecule has 0 unspecified atom stereocenters. The monoisotopic (exact) mass is 444 g/mol. The molecule has 8 heteroatoms. The number of sulfonamides is 1. The van der Waals surface area contributed by atoms with E-state index in [4.69, 9.17) is 9.47 Å². The first-order valence-electron chi connectivity index (χ1n) is 10.6. The number of rotatable bonds is 7. The quantitative estimate of drug-likeness (QED) is 0.656. The van der Waals surface area contributed by atoms with Crippen molar-refractivity contribution in [1.82, 2.24) is 4.90 Å². The molecule has 2 fully saturated rings. The summed E-state index contributed by atoms with van der Waals surface area (Å²) in [5.74, 6) is 0.716. The SMILES string of the molecule is COc1ccccc1CN(C[C@@H]1CCCO1)C(=O)c1cccc(N2CCCS2(=O)=O)c1. The Labute approximate surface area is 183 Å². The highest BCUT2D eigenvalue weighted by atomic mass is 32.2. The van der Waals surface area contributed by atoms with Crippen LogP contribution >= 0.6 is 0 Å². The summed E-state index contributed by atoms with van der Waals surface area (Å²) in [6.45, 7) is 2.02. The molecule has 7 nitrogen and oxygen atoms in total. The maximum atomic E-state index is 13.5. The van der Waals surface area contributed by atoms with Gasteiger partial charge in [-0.1, -0.05) is 24.3 Å². The maximum absolute atomic E-state index is 13.5. The number of anilines is 1. The average molecular weight is 445 g/mol. The van der Waals surface area contributed by atoms with Crippen LogP contribution in [0.3, 0.4) is 0 Å². The molecule has 2 aliphatic heterocycles. The number of carbonyl (C=O) groups excluding carboxylic acids is 1. The second-order valence-corrected chi connectivity index (χ2v) is 9.94. The summed E-state index contributed by atoms with van der Waals surface area (Å²) in [5.41, 5.74) is 1.92. The molecule has 0 radical (unpaired) electrons. The highest BCUT2D eigenvalue weighted by Crippen LogP contribution is 2.27. The second-order valence-electron chi connectivity index (χ2n) is 7.92. The van der Waals surface area contributed by atoms with Crippen LogP contribution in [0.5, 0.6) is 5.75 Å². The number of nitrogens with zero attached hydrogens (tertiary/aromatic N) is 2. The molecule has 0 aromatic heterocycles. The summed E-state index contributed by atoms with van der Waals surface area (Å²) in [5, 5.41) is 0. The van der Waals surface area contributed by atoms with Gasteiger partial charge in [-0.15, -0.1) is 0 Å². The van der Waals surface area contributed by atoms with Gasteiger partial charge in [0.25, 0.3) is 5.91 Å². The molecule has 2 aliphatic rings. The van der Waals surface area contributed by atoms with Crippen molar-refractivity contribution < 1.29 is 22.7 Å². The molecule has 0 bridgehead atoms. The number of hydrogen-bond acceptors (Lipinski definition) is 5. The number of hydrogen-bond donors (Lipinski definition) is 0. The van der Waals surface area contributed by atoms with Crippen LogP contribution in [0.2, 0.25) is 0 Å². The van der Waals surface area contributed by atoms with Crippen LogP contribution in [-0.4, -0.2) is 57.9 Å². The van der Waals surface area contributed by atoms with Crippen molar-refractivity contribution >= 4 is 21.6 Å². The standard InChI is InChI=1S/C23H28N2O5S/c1-29-22-11-3-2-7-19(22)16-24(17-21-10-5-13-30-21)23(26)18-8-4-9-20(15-18)25-12-6-14-31(25,27)28/h2-4,7-9,11,15,21H,5-6,10,12-14,16-17H2,1H3/t21-/m0/s1. The van der Waals surface area contributed by atoms with Crippen molar-refractivity contribution in [3.05, 3.63) is 59.7 Å². The van der Waals surface area contributed by atoms with Gasteiger partial charge in [-0.25, -0.2) is 8.42 Å². The van der Waals surface area contributed by atoms with Crippen molar-refractivity contribution in [1.29, 1.82) is 0 Å². The first-order valence-corrected chi connectivity index (χ1v) is 12.2. The fourth-order valence-corrected chi connectivity index (χ4v) is 5.76. The fourth-order valence-electron chi connectivity index (χ4n) is 4.20. The van der Waals surface area contributed by atoms with Gasteiger partial charge in [0.2, 0.25) is 10.0 Å². The molecule has 2 aromatic carbocycles. The lowest BCUT2D eigenvalue weighted by Crippen LogP contribution is -2.37. The summed E-state index contributed by atoms with van der Waals surface area (Å²) in [6.07, 6.45) is 2.51. The molecule has 4 rings (SSSR count). The molecule has 2 saturated heterocycles. The highest BCUT2D eigenvalue weighted by molar-refractivity contribution is 7.93. The lowest BCUT2D eigenvalue weighted by molar-refractivity contribution is 0.0505. The minimum absolute atomic E-state index is 0.000740. The summed E-state index contributed by atoms with van der Waals surface area (Å²) >= 11 is 0. The summed E-state index contributed by atoms with van der Waals surface area (Å²) in [7, 11) is -1.69. The Morgan fingerprint density at radius 2 is 2.03 bits per heavy atom. The Morgan fingerprint density at radius 1 is 1.19 bits per heavy atom. The van der Waals surface area contributed by atoms with E-state index in [9.17, 15) is 13.2 Å². The third-order valence-electron chi connectivity index (χ3n) is 5.77. The maximum Gasteiger partial charge on any atom is 0.254 e. The van der Waals surface area contributed by atoms with E-state index in [1.165, 1.54) is 4.31 Å². The number of carbonyl (C=O) groups is 1. The van der Waals surface area contributed by atoms with E-state index in [1.54, 1.807) is 36.3 Å². The molecule has 0 N–H and O–H groups in total. The number of ether oxygens (including phenoxy) is 2. The zero-order valence-corrected chi connectivity index (χ0v) is 18.5. The largest absolute Gasteiger partial charge is 0.496 e. The zero-order chi connectivity index (χ0) is 21.8. The Bertz CT molecular complexity index is 1030.